The molecule has 0 unspecified atom stereocenters. The lowest BCUT2D eigenvalue weighted by Gasteiger charge is -2.37. The van der Waals surface area contributed by atoms with E-state index < -0.39 is 35.6 Å². The topological polar surface area (TPSA) is 172 Å². The molecule has 0 radical (unpaired) electrons. The van der Waals surface area contributed by atoms with Gasteiger partial charge in [0.15, 0.2) is 0 Å². The molecule has 4 fully saturated rings. The highest BCUT2D eigenvalue weighted by molar-refractivity contribution is 7.13. The van der Waals surface area contributed by atoms with Crippen molar-refractivity contribution in [1.82, 2.24) is 49.5 Å². The summed E-state index contributed by atoms with van der Waals surface area (Å²) in [6.07, 6.45) is 13.0. The van der Waals surface area contributed by atoms with Gasteiger partial charge in [0.05, 0.1) is 67.4 Å². The summed E-state index contributed by atoms with van der Waals surface area (Å²) in [6.45, 7) is 11.1. The molecule has 6 aromatic rings. The third kappa shape index (κ3) is 10.3. The molecular weight excluding hydrogens is 1010 g/mol. The van der Waals surface area contributed by atoms with Crippen molar-refractivity contribution in [2.45, 2.75) is 153 Å². The van der Waals surface area contributed by atoms with Gasteiger partial charge in [-0.15, -0.1) is 16.4 Å². The zero-order valence-corrected chi connectivity index (χ0v) is 47.0. The number of carbonyl (C=O) groups is 3. The molecule has 2 saturated heterocycles. The standard InChI is InChI=1S/C60H73ClN10O5S/c1-36-53(77-35-62-36)41-19-17-39(18-20-41)46(31-51(73)67(5)6)63-55(74)50-30-43(72)33-69(50)57(76)54(59(2,3)4)70-34-47(65-66-70)40-15-13-37(14-16-40)32-68-27-23-38(24-28-68)42-21-22-44-49(29-42)71-48-12-10-11-45(61)52(48)56(75)64-58(71)60(44)25-8-7-9-26-60/h10-12,17-22,29,34-35,37-38,40,43,46,50,54,72H,7-9,13-16,23-28,30-33H2,1-6H3,(H,63,74)/t37?,40?,43-,46+,50+,54-/m1/s1. The van der Waals surface area contributed by atoms with Crippen LogP contribution in [0, 0.1) is 18.3 Å². The number of thiazole rings is 1. The van der Waals surface area contributed by atoms with Gasteiger partial charge in [-0.2, -0.15) is 4.98 Å². The smallest absolute Gasteiger partial charge is 0.282 e. The predicted molar refractivity (Wildman–Crippen MR) is 300 cm³/mol. The minimum absolute atomic E-state index is 0.0103. The lowest BCUT2D eigenvalue weighted by Crippen LogP contribution is -2.51. The highest BCUT2D eigenvalue weighted by Gasteiger charge is 2.48. The molecule has 77 heavy (non-hydrogen) atoms. The molecule has 3 aromatic heterocycles. The van der Waals surface area contributed by atoms with Crippen molar-refractivity contribution in [3.63, 3.8) is 0 Å². The molecule has 0 bridgehead atoms. The van der Waals surface area contributed by atoms with Crippen molar-refractivity contribution in [2.24, 2.45) is 11.3 Å². The van der Waals surface area contributed by atoms with Gasteiger partial charge in [0.2, 0.25) is 17.7 Å². The third-order valence-corrected chi connectivity index (χ3v) is 19.1. The first-order valence-electron chi connectivity index (χ1n) is 28.0. The molecule has 3 amide bonds. The van der Waals surface area contributed by atoms with Gasteiger partial charge in [-0.3, -0.25) is 23.7 Å². The van der Waals surface area contributed by atoms with Crippen molar-refractivity contribution in [3.8, 4) is 16.1 Å². The quantitative estimate of drug-likeness (QED) is 0.120. The van der Waals surface area contributed by atoms with Crippen molar-refractivity contribution < 1.29 is 19.5 Å². The van der Waals surface area contributed by atoms with Crippen LogP contribution in [0.2, 0.25) is 5.02 Å². The molecule has 15 nitrogen and oxygen atoms in total. The fraction of sp³-hybridized carbons (Fsp3) is 0.533. The Morgan fingerprint density at radius 3 is 2.38 bits per heavy atom. The summed E-state index contributed by atoms with van der Waals surface area (Å²) in [5.74, 6) is 1.30. The average Bonchev–Trinajstić information content (AvgIpc) is 4.25. The molecule has 2 aliphatic carbocycles. The van der Waals surface area contributed by atoms with Gasteiger partial charge in [0, 0.05) is 45.7 Å². The van der Waals surface area contributed by atoms with Crippen LogP contribution in [0.5, 0.6) is 0 Å². The number of benzene rings is 3. The minimum atomic E-state index is -0.943. The second kappa shape index (κ2) is 21.4. The number of nitrogens with zero attached hydrogens (tertiary/aromatic N) is 9. The number of fused-ring (bicyclic) bond motifs is 7. The maximum Gasteiger partial charge on any atom is 0.282 e. The van der Waals surface area contributed by atoms with Crippen molar-refractivity contribution >= 4 is 51.6 Å². The highest BCUT2D eigenvalue weighted by atomic mass is 35.5. The zero-order chi connectivity index (χ0) is 53.9. The van der Waals surface area contributed by atoms with Crippen molar-refractivity contribution in [3.05, 3.63) is 122 Å². The van der Waals surface area contributed by atoms with Gasteiger partial charge in [-0.05, 0) is 129 Å². The first-order valence-corrected chi connectivity index (χ1v) is 29.2. The summed E-state index contributed by atoms with van der Waals surface area (Å²) in [5, 5.41) is 24.4. The Bertz CT molecular complexity index is 3230. The number of carbonyl (C=O) groups excluding carboxylic acids is 3. The Morgan fingerprint density at radius 2 is 1.69 bits per heavy atom. The maximum atomic E-state index is 14.8. The van der Waals surface area contributed by atoms with Crippen molar-refractivity contribution in [2.75, 3.05) is 40.3 Å². The van der Waals surface area contributed by atoms with E-state index in [0.717, 1.165) is 123 Å². The monoisotopic (exact) mass is 1080 g/mol. The van der Waals surface area contributed by atoms with Crippen LogP contribution in [0.4, 0.5) is 0 Å². The van der Waals surface area contributed by atoms with E-state index in [-0.39, 0.29) is 48.1 Å². The Morgan fingerprint density at radius 1 is 0.948 bits per heavy atom. The minimum Gasteiger partial charge on any atom is -0.391 e. The number of likely N-dealkylation sites (tertiary alicyclic amines) is 2. The van der Waals surface area contributed by atoms with E-state index in [4.69, 9.17) is 21.7 Å². The SMILES string of the molecule is Cc1ncsc1-c1ccc([C@H](CC(=O)N(C)C)NC(=O)[C@@H]2C[C@@H](O)CN2C(=O)[C@@H](n2cc(C3CCC(CN4CCC(c5ccc6c(c5)-n5c(nc(=O)c7c(Cl)cccc75)C65CCCCC5)CC4)CC3)nn2)C(C)(C)C)cc1. The number of aliphatic hydroxyl groups is 1. The Hall–Kier alpha value is -5.81. The number of aliphatic hydroxyl groups excluding tert-OH is 1. The second-order valence-electron chi connectivity index (χ2n) is 24.2. The molecule has 11 rings (SSSR count). The molecule has 17 heteroatoms. The summed E-state index contributed by atoms with van der Waals surface area (Å²) in [7, 11) is 3.38. The largest absolute Gasteiger partial charge is 0.391 e. The van der Waals surface area contributed by atoms with Crippen LogP contribution < -0.4 is 10.9 Å². The molecule has 406 valence electrons. The van der Waals surface area contributed by atoms with Gasteiger partial charge >= 0.3 is 0 Å². The van der Waals surface area contributed by atoms with Gasteiger partial charge in [0.1, 0.15) is 17.9 Å². The van der Waals surface area contributed by atoms with E-state index in [1.807, 2.05) is 75.8 Å². The molecule has 3 aromatic carbocycles. The molecule has 6 heterocycles. The fourth-order valence-corrected chi connectivity index (χ4v) is 14.7. The van der Waals surface area contributed by atoms with E-state index in [0.29, 0.717) is 22.2 Å². The van der Waals surface area contributed by atoms with Gasteiger partial charge < -0.3 is 25.1 Å². The first-order chi connectivity index (χ1) is 37.0. The molecule has 5 aliphatic rings. The third-order valence-electron chi connectivity index (χ3n) is 17.8. The maximum absolute atomic E-state index is 14.8. The first kappa shape index (κ1) is 53.2. The molecule has 1 spiro atoms. The summed E-state index contributed by atoms with van der Waals surface area (Å²) in [6, 6.07) is 18.3. The van der Waals surface area contributed by atoms with Crippen LogP contribution in [0.3, 0.4) is 0 Å². The van der Waals surface area contributed by atoms with Crippen LogP contribution in [0.1, 0.15) is 162 Å². The molecule has 3 aliphatic heterocycles. The van der Waals surface area contributed by atoms with E-state index in [1.165, 1.54) is 33.0 Å². The molecule has 4 atom stereocenters. The highest BCUT2D eigenvalue weighted by Crippen LogP contribution is 2.52. The average molecular weight is 1080 g/mol. The summed E-state index contributed by atoms with van der Waals surface area (Å²) in [5.41, 5.74) is 9.02. The number of hydrogen-bond acceptors (Lipinski definition) is 11. The normalized spacial score (nSPS) is 22.5. The summed E-state index contributed by atoms with van der Waals surface area (Å²) >= 11 is 8.22. The number of aryl methyl sites for hydroxylation is 1. The van der Waals surface area contributed by atoms with Crippen LogP contribution in [-0.4, -0.2) is 119 Å². The predicted octanol–water partition coefficient (Wildman–Crippen LogP) is 9.66. The van der Waals surface area contributed by atoms with Crippen LogP contribution in [0.25, 0.3) is 27.0 Å². The van der Waals surface area contributed by atoms with Gasteiger partial charge in [-0.25, -0.2) is 9.67 Å². The van der Waals surface area contributed by atoms with Gasteiger partial charge in [-0.1, -0.05) is 99.3 Å². The lowest BCUT2D eigenvalue weighted by atomic mass is 9.69. The fourth-order valence-electron chi connectivity index (χ4n) is 13.7. The Kier molecular flexibility index (Phi) is 14.8. The Balaban J connectivity index is 0.717. The molecule has 2 saturated carbocycles. The number of aromatic nitrogens is 6. The van der Waals surface area contributed by atoms with E-state index >= 15 is 0 Å². The zero-order valence-electron chi connectivity index (χ0n) is 45.4. The number of piperidine rings is 1. The van der Waals surface area contributed by atoms with E-state index in [9.17, 15) is 24.3 Å². The van der Waals surface area contributed by atoms with E-state index in [1.54, 1.807) is 36.2 Å². The number of β-amino-alcohol motifs (C(OH)–C–C–N with tert-alkyl or cyclic N) is 1. The van der Waals surface area contributed by atoms with Crippen LogP contribution in [0.15, 0.2) is 77.2 Å². The Labute approximate surface area is 460 Å². The van der Waals surface area contributed by atoms with Crippen molar-refractivity contribution in [1.29, 1.82) is 0 Å². The number of amides is 3. The van der Waals surface area contributed by atoms with Gasteiger partial charge in [0.25, 0.3) is 5.56 Å². The number of hydrogen-bond donors (Lipinski definition) is 2. The number of halogens is 1. The molecular formula is C60H73ClN10O5S. The van der Waals surface area contributed by atoms with Crippen LogP contribution in [-0.2, 0) is 19.8 Å². The summed E-state index contributed by atoms with van der Waals surface area (Å²) < 4.78 is 3.95. The lowest BCUT2D eigenvalue weighted by molar-refractivity contribution is -0.144. The molecule has 2 N–H and O–H groups in total. The number of rotatable bonds is 12. The second-order valence-corrected chi connectivity index (χ2v) is 25.4. The van der Waals surface area contributed by atoms with Crippen LogP contribution >= 0.6 is 22.9 Å². The van der Waals surface area contributed by atoms with E-state index in [2.05, 4.69) is 43.2 Å². The number of nitrogens with one attached hydrogen (secondary N) is 1. The summed E-state index contributed by atoms with van der Waals surface area (Å²) in [4.78, 5) is 71.7.